The van der Waals surface area contributed by atoms with E-state index < -0.39 is 0 Å². The molecule has 0 heterocycles. The monoisotopic (exact) mass is 462 g/mol. The first-order valence-electron chi connectivity index (χ1n) is 5.87. The van der Waals surface area contributed by atoms with Crippen LogP contribution in [-0.4, -0.2) is 14.2 Å². The highest BCUT2D eigenvalue weighted by Gasteiger charge is 2.18. The van der Waals surface area contributed by atoms with Gasteiger partial charge in [-0.15, -0.1) is 0 Å². The molecule has 0 aliphatic heterocycles. The van der Waals surface area contributed by atoms with Crippen molar-refractivity contribution < 1.29 is 9.47 Å². The molecule has 0 fully saturated rings. The van der Waals surface area contributed by atoms with Gasteiger partial charge in [0.25, 0.3) is 0 Å². The summed E-state index contributed by atoms with van der Waals surface area (Å²) in [5, 5.41) is 0. The zero-order chi connectivity index (χ0) is 14.7. The summed E-state index contributed by atoms with van der Waals surface area (Å²) in [7, 11) is 3.33. The summed E-state index contributed by atoms with van der Waals surface area (Å²) < 4.78 is 12.7. The van der Waals surface area contributed by atoms with Gasteiger partial charge < -0.3 is 9.47 Å². The molecular formula is C15H13Br3O2. The van der Waals surface area contributed by atoms with Crippen molar-refractivity contribution in [2.24, 2.45) is 0 Å². The molecule has 20 heavy (non-hydrogen) atoms. The van der Waals surface area contributed by atoms with Gasteiger partial charge in [0.15, 0.2) is 0 Å². The summed E-state index contributed by atoms with van der Waals surface area (Å²) in [6.07, 6.45) is 0. The molecule has 0 amide bonds. The van der Waals surface area contributed by atoms with Gasteiger partial charge in [0.05, 0.1) is 19.0 Å². The largest absolute Gasteiger partial charge is 0.497 e. The predicted octanol–water partition coefficient (Wildman–Crippen LogP) is 5.71. The van der Waals surface area contributed by atoms with Crippen LogP contribution in [0.1, 0.15) is 16.0 Å². The lowest BCUT2D eigenvalue weighted by atomic mass is 10.0. The van der Waals surface area contributed by atoms with Gasteiger partial charge in [0.1, 0.15) is 11.5 Å². The van der Waals surface area contributed by atoms with Crippen molar-refractivity contribution in [2.75, 3.05) is 14.2 Å². The molecule has 2 rings (SSSR count). The fraction of sp³-hybridized carbons (Fsp3) is 0.200. The molecule has 0 spiro atoms. The number of hydrogen-bond acceptors (Lipinski definition) is 2. The van der Waals surface area contributed by atoms with Crippen molar-refractivity contribution in [3.05, 3.63) is 56.5 Å². The summed E-state index contributed by atoms with van der Waals surface area (Å²) in [4.78, 5) is 0.0332. The zero-order valence-electron chi connectivity index (χ0n) is 11.0. The molecule has 2 aromatic rings. The first-order valence-corrected chi connectivity index (χ1v) is 8.38. The van der Waals surface area contributed by atoms with Crippen LogP contribution in [0.15, 0.2) is 45.3 Å². The minimum Gasteiger partial charge on any atom is -0.497 e. The van der Waals surface area contributed by atoms with Crippen molar-refractivity contribution in [1.82, 2.24) is 0 Å². The Labute approximate surface area is 143 Å². The Kier molecular flexibility index (Phi) is 5.52. The van der Waals surface area contributed by atoms with Gasteiger partial charge in [-0.05, 0) is 29.8 Å². The Bertz CT molecular complexity index is 614. The molecule has 106 valence electrons. The molecule has 0 bridgehead atoms. The van der Waals surface area contributed by atoms with Gasteiger partial charge in [-0.1, -0.05) is 59.9 Å². The third-order valence-corrected chi connectivity index (χ3v) is 5.12. The quantitative estimate of drug-likeness (QED) is 0.539. The van der Waals surface area contributed by atoms with Crippen LogP contribution in [0, 0.1) is 0 Å². The Morgan fingerprint density at radius 1 is 0.900 bits per heavy atom. The summed E-state index contributed by atoms with van der Waals surface area (Å²) in [5.74, 6) is 1.66. The average Bonchev–Trinajstić information content (AvgIpc) is 2.46. The molecule has 0 aromatic heterocycles. The highest BCUT2D eigenvalue weighted by atomic mass is 79.9. The Morgan fingerprint density at radius 3 is 2.20 bits per heavy atom. The first-order chi connectivity index (χ1) is 9.56. The molecule has 1 atom stereocenters. The number of benzene rings is 2. The molecule has 0 saturated carbocycles. The second-order valence-corrected chi connectivity index (χ2v) is 6.82. The second-order valence-electron chi connectivity index (χ2n) is 4.14. The third kappa shape index (κ3) is 3.38. The number of ether oxygens (including phenoxy) is 2. The van der Waals surface area contributed by atoms with E-state index in [2.05, 4.69) is 47.8 Å². The lowest BCUT2D eigenvalue weighted by Gasteiger charge is -2.17. The first kappa shape index (κ1) is 15.9. The minimum atomic E-state index is 0.0332. The molecular weight excluding hydrogens is 452 g/mol. The van der Waals surface area contributed by atoms with E-state index in [1.807, 2.05) is 36.4 Å². The highest BCUT2D eigenvalue weighted by Crippen LogP contribution is 2.41. The van der Waals surface area contributed by atoms with Crippen LogP contribution in [-0.2, 0) is 0 Å². The smallest absolute Gasteiger partial charge is 0.124 e. The summed E-state index contributed by atoms with van der Waals surface area (Å²) in [5.41, 5.74) is 2.19. The molecule has 0 aliphatic carbocycles. The Balaban J connectivity index is 2.43. The van der Waals surface area contributed by atoms with E-state index in [1.54, 1.807) is 14.2 Å². The van der Waals surface area contributed by atoms with Crippen molar-refractivity contribution in [1.29, 1.82) is 0 Å². The molecule has 1 unspecified atom stereocenters. The third-order valence-electron chi connectivity index (χ3n) is 2.95. The van der Waals surface area contributed by atoms with Crippen molar-refractivity contribution >= 4 is 47.8 Å². The lowest BCUT2D eigenvalue weighted by molar-refractivity contribution is 0.410. The topological polar surface area (TPSA) is 18.5 Å². The van der Waals surface area contributed by atoms with Gasteiger partial charge in [0.2, 0.25) is 0 Å². The van der Waals surface area contributed by atoms with Crippen LogP contribution in [0.2, 0.25) is 0 Å². The Hall–Kier alpha value is -0.520. The van der Waals surface area contributed by atoms with Gasteiger partial charge in [-0.2, -0.15) is 0 Å². The maximum Gasteiger partial charge on any atom is 0.124 e. The molecule has 0 aliphatic rings. The summed E-state index contributed by atoms with van der Waals surface area (Å²) in [6, 6.07) is 11.9. The SMILES string of the molecule is COc1ccc(C(Br)c2ccc(Br)cc2OC)c(Br)c1. The summed E-state index contributed by atoms with van der Waals surface area (Å²) in [6.45, 7) is 0. The zero-order valence-corrected chi connectivity index (χ0v) is 15.7. The normalized spacial score (nSPS) is 12.1. The number of rotatable bonds is 4. The molecule has 2 nitrogen and oxygen atoms in total. The standard InChI is InChI=1S/C15H13Br3O2/c1-19-10-4-6-11(13(17)8-10)15(18)12-5-3-9(16)7-14(12)20-2/h3-8,15H,1-2H3. The van der Waals surface area contributed by atoms with E-state index in [1.165, 1.54) is 0 Å². The van der Waals surface area contributed by atoms with E-state index in [-0.39, 0.29) is 4.83 Å². The van der Waals surface area contributed by atoms with Crippen LogP contribution in [0.25, 0.3) is 0 Å². The number of hydrogen-bond donors (Lipinski definition) is 0. The average molecular weight is 465 g/mol. The van der Waals surface area contributed by atoms with Gasteiger partial charge in [-0.3, -0.25) is 0 Å². The number of halogens is 3. The second kappa shape index (κ2) is 6.96. The number of methoxy groups -OCH3 is 2. The van der Waals surface area contributed by atoms with E-state index >= 15 is 0 Å². The lowest BCUT2D eigenvalue weighted by Crippen LogP contribution is -1.98. The maximum atomic E-state index is 5.45. The van der Waals surface area contributed by atoms with E-state index in [4.69, 9.17) is 9.47 Å². The Morgan fingerprint density at radius 2 is 1.60 bits per heavy atom. The van der Waals surface area contributed by atoms with Crippen molar-refractivity contribution in [3.8, 4) is 11.5 Å². The van der Waals surface area contributed by atoms with E-state index in [0.29, 0.717) is 0 Å². The summed E-state index contributed by atoms with van der Waals surface area (Å²) >= 11 is 10.8. The van der Waals surface area contributed by atoms with E-state index in [9.17, 15) is 0 Å². The van der Waals surface area contributed by atoms with Crippen LogP contribution < -0.4 is 9.47 Å². The predicted molar refractivity (Wildman–Crippen MR) is 92.2 cm³/mol. The maximum absolute atomic E-state index is 5.45. The van der Waals surface area contributed by atoms with Gasteiger partial charge >= 0.3 is 0 Å². The van der Waals surface area contributed by atoms with Crippen molar-refractivity contribution in [2.45, 2.75) is 4.83 Å². The number of alkyl halides is 1. The highest BCUT2D eigenvalue weighted by molar-refractivity contribution is 9.11. The van der Waals surface area contributed by atoms with Crippen LogP contribution in [0.5, 0.6) is 11.5 Å². The van der Waals surface area contributed by atoms with Crippen LogP contribution >= 0.6 is 47.8 Å². The molecule has 0 radical (unpaired) electrons. The van der Waals surface area contributed by atoms with E-state index in [0.717, 1.165) is 31.6 Å². The van der Waals surface area contributed by atoms with Crippen molar-refractivity contribution in [3.63, 3.8) is 0 Å². The van der Waals surface area contributed by atoms with Gasteiger partial charge in [-0.25, -0.2) is 0 Å². The van der Waals surface area contributed by atoms with Gasteiger partial charge in [0, 0.05) is 14.5 Å². The minimum absolute atomic E-state index is 0.0332. The molecule has 0 saturated heterocycles. The molecule has 5 heteroatoms. The van der Waals surface area contributed by atoms with Crippen LogP contribution in [0.3, 0.4) is 0 Å². The van der Waals surface area contributed by atoms with Crippen LogP contribution in [0.4, 0.5) is 0 Å². The molecule has 2 aromatic carbocycles. The molecule has 0 N–H and O–H groups in total. The fourth-order valence-corrected chi connectivity index (χ4v) is 3.91. The fourth-order valence-electron chi connectivity index (χ4n) is 1.90.